The fraction of sp³-hybridized carbons (Fsp3) is 0.429. The molecule has 1 aliphatic rings. The first kappa shape index (κ1) is 18.5. The fourth-order valence-corrected chi connectivity index (χ4v) is 3.43. The van der Waals surface area contributed by atoms with Crippen molar-refractivity contribution in [2.75, 3.05) is 27.4 Å². The number of ether oxygens (including phenoxy) is 3. The lowest BCUT2D eigenvalue weighted by molar-refractivity contribution is 0.0676. The zero-order chi connectivity index (χ0) is 18.4. The average molecular weight is 357 g/mol. The molecule has 26 heavy (non-hydrogen) atoms. The molecule has 1 N–H and O–H groups in total. The molecule has 0 radical (unpaired) electrons. The Kier molecular flexibility index (Phi) is 6.36. The Hall–Kier alpha value is -2.24. The molecule has 0 aromatic heterocycles. The molecule has 5 heteroatoms. The number of hydrogen-bond acceptors (Lipinski definition) is 5. The maximum absolute atomic E-state index is 10.1. The van der Waals surface area contributed by atoms with Gasteiger partial charge in [-0.3, -0.25) is 4.90 Å². The van der Waals surface area contributed by atoms with Crippen LogP contribution in [0.3, 0.4) is 0 Å². The summed E-state index contributed by atoms with van der Waals surface area (Å²) in [5, 5.41) is 10.1. The third kappa shape index (κ3) is 4.68. The topological polar surface area (TPSA) is 51.2 Å². The van der Waals surface area contributed by atoms with Crippen LogP contribution in [0.4, 0.5) is 0 Å². The van der Waals surface area contributed by atoms with Crippen LogP contribution in [0, 0.1) is 0 Å². The van der Waals surface area contributed by atoms with E-state index >= 15 is 0 Å². The summed E-state index contributed by atoms with van der Waals surface area (Å²) in [5.41, 5.74) is 2.18. The van der Waals surface area contributed by atoms with E-state index in [1.54, 1.807) is 26.4 Å². The number of benzene rings is 2. The zero-order valence-corrected chi connectivity index (χ0v) is 15.5. The number of phenols is 1. The third-order valence-corrected chi connectivity index (χ3v) is 4.72. The van der Waals surface area contributed by atoms with Crippen LogP contribution < -0.4 is 9.47 Å². The highest BCUT2D eigenvalue weighted by molar-refractivity contribution is 5.41. The summed E-state index contributed by atoms with van der Waals surface area (Å²) in [7, 11) is 3.25. The minimum Gasteiger partial charge on any atom is -0.504 e. The van der Waals surface area contributed by atoms with Gasteiger partial charge in [-0.05, 0) is 36.6 Å². The van der Waals surface area contributed by atoms with Crippen LogP contribution in [-0.2, 0) is 17.8 Å². The summed E-state index contributed by atoms with van der Waals surface area (Å²) in [5.74, 6) is 1.55. The Morgan fingerprint density at radius 1 is 1.08 bits per heavy atom. The molecule has 1 unspecified atom stereocenters. The minimum absolute atomic E-state index is 0.166. The van der Waals surface area contributed by atoms with Crippen LogP contribution in [0.5, 0.6) is 17.2 Å². The monoisotopic (exact) mass is 357 g/mol. The number of phenolic OH excluding ortho intramolecular Hbond substituents is 1. The average Bonchev–Trinajstić information content (AvgIpc) is 3.15. The predicted octanol–water partition coefficient (Wildman–Crippen LogP) is 3.59. The van der Waals surface area contributed by atoms with E-state index in [9.17, 15) is 5.11 Å². The Bertz CT molecular complexity index is 713. The molecule has 1 heterocycles. The van der Waals surface area contributed by atoms with Crippen LogP contribution in [0.25, 0.3) is 0 Å². The van der Waals surface area contributed by atoms with Crippen molar-refractivity contribution < 1.29 is 19.3 Å². The first-order valence-electron chi connectivity index (χ1n) is 9.01. The summed E-state index contributed by atoms with van der Waals surface area (Å²) < 4.78 is 16.5. The number of nitrogens with zero attached hydrogens (tertiary/aromatic N) is 1. The molecule has 0 bridgehead atoms. The predicted molar refractivity (Wildman–Crippen MR) is 101 cm³/mol. The maximum atomic E-state index is 10.1. The van der Waals surface area contributed by atoms with Crippen molar-refractivity contribution in [3.05, 3.63) is 53.6 Å². The van der Waals surface area contributed by atoms with Gasteiger partial charge in [0.05, 0.1) is 20.3 Å². The Labute approximate surface area is 155 Å². The third-order valence-electron chi connectivity index (χ3n) is 4.72. The van der Waals surface area contributed by atoms with E-state index in [4.69, 9.17) is 14.2 Å². The molecule has 2 aromatic rings. The molecule has 0 saturated carbocycles. The van der Waals surface area contributed by atoms with Gasteiger partial charge in [-0.1, -0.05) is 24.3 Å². The van der Waals surface area contributed by atoms with E-state index in [1.165, 1.54) is 0 Å². The SMILES string of the molecule is COc1ccc(CN(Cc2ccccc2OC)CC2CCCO2)cc1O. The maximum Gasteiger partial charge on any atom is 0.160 e. The molecule has 0 aliphatic carbocycles. The minimum atomic E-state index is 0.166. The molecular formula is C21H27NO4. The molecular weight excluding hydrogens is 330 g/mol. The Balaban J connectivity index is 1.77. The van der Waals surface area contributed by atoms with E-state index in [0.717, 1.165) is 56.0 Å². The lowest BCUT2D eigenvalue weighted by Gasteiger charge is -2.26. The number of aromatic hydroxyl groups is 1. The lowest BCUT2D eigenvalue weighted by atomic mass is 10.1. The van der Waals surface area contributed by atoms with Crippen molar-refractivity contribution in [3.63, 3.8) is 0 Å². The molecule has 1 atom stereocenters. The van der Waals surface area contributed by atoms with Gasteiger partial charge in [0.25, 0.3) is 0 Å². The normalized spacial score (nSPS) is 16.8. The van der Waals surface area contributed by atoms with E-state index in [-0.39, 0.29) is 11.9 Å². The van der Waals surface area contributed by atoms with E-state index < -0.39 is 0 Å². The van der Waals surface area contributed by atoms with Crippen molar-refractivity contribution in [1.82, 2.24) is 4.90 Å². The van der Waals surface area contributed by atoms with E-state index in [0.29, 0.717) is 5.75 Å². The summed E-state index contributed by atoms with van der Waals surface area (Å²) in [4.78, 5) is 2.34. The molecule has 140 valence electrons. The molecule has 0 spiro atoms. The van der Waals surface area contributed by atoms with Gasteiger partial charge < -0.3 is 19.3 Å². The van der Waals surface area contributed by atoms with Crippen molar-refractivity contribution >= 4 is 0 Å². The van der Waals surface area contributed by atoms with Crippen LogP contribution in [0.15, 0.2) is 42.5 Å². The molecule has 1 saturated heterocycles. The summed E-state index contributed by atoms with van der Waals surface area (Å²) >= 11 is 0. The lowest BCUT2D eigenvalue weighted by Crippen LogP contribution is -2.31. The van der Waals surface area contributed by atoms with Crippen molar-refractivity contribution in [2.45, 2.75) is 32.0 Å². The Morgan fingerprint density at radius 3 is 2.58 bits per heavy atom. The van der Waals surface area contributed by atoms with Crippen molar-refractivity contribution in [1.29, 1.82) is 0 Å². The summed E-state index contributed by atoms with van der Waals surface area (Å²) in [6, 6.07) is 13.6. The van der Waals surface area contributed by atoms with Crippen LogP contribution in [0.1, 0.15) is 24.0 Å². The fourth-order valence-electron chi connectivity index (χ4n) is 3.43. The second-order valence-corrected chi connectivity index (χ2v) is 6.62. The second-order valence-electron chi connectivity index (χ2n) is 6.62. The molecule has 0 amide bonds. The van der Waals surface area contributed by atoms with Crippen LogP contribution in [-0.4, -0.2) is 43.5 Å². The number of para-hydroxylation sites is 1. The van der Waals surface area contributed by atoms with Gasteiger partial charge in [0.2, 0.25) is 0 Å². The largest absolute Gasteiger partial charge is 0.504 e. The van der Waals surface area contributed by atoms with E-state index in [2.05, 4.69) is 11.0 Å². The number of methoxy groups -OCH3 is 2. The molecule has 5 nitrogen and oxygen atoms in total. The highest BCUT2D eigenvalue weighted by Gasteiger charge is 2.20. The molecule has 3 rings (SSSR count). The van der Waals surface area contributed by atoms with Gasteiger partial charge in [0.15, 0.2) is 11.5 Å². The van der Waals surface area contributed by atoms with Crippen molar-refractivity contribution in [2.24, 2.45) is 0 Å². The first-order valence-corrected chi connectivity index (χ1v) is 9.01. The summed E-state index contributed by atoms with van der Waals surface area (Å²) in [6.07, 6.45) is 2.48. The van der Waals surface area contributed by atoms with Gasteiger partial charge in [-0.15, -0.1) is 0 Å². The van der Waals surface area contributed by atoms with Gasteiger partial charge in [-0.25, -0.2) is 0 Å². The Morgan fingerprint density at radius 2 is 1.88 bits per heavy atom. The highest BCUT2D eigenvalue weighted by atomic mass is 16.5. The smallest absolute Gasteiger partial charge is 0.160 e. The van der Waals surface area contributed by atoms with Gasteiger partial charge in [0.1, 0.15) is 5.75 Å². The standard InChI is InChI=1S/C21H27NO4/c1-24-20-8-4-3-6-17(20)14-22(15-18-7-5-11-26-18)13-16-9-10-21(25-2)19(23)12-16/h3-4,6,8-10,12,18,23H,5,7,11,13-15H2,1-2H3. The quantitative estimate of drug-likeness (QED) is 0.782. The van der Waals surface area contributed by atoms with Gasteiger partial charge in [0, 0.05) is 31.8 Å². The second kappa shape index (κ2) is 8.92. The zero-order valence-electron chi connectivity index (χ0n) is 15.5. The van der Waals surface area contributed by atoms with Crippen molar-refractivity contribution in [3.8, 4) is 17.2 Å². The molecule has 1 aliphatic heterocycles. The summed E-state index contributed by atoms with van der Waals surface area (Å²) in [6.45, 7) is 3.17. The van der Waals surface area contributed by atoms with Gasteiger partial charge >= 0.3 is 0 Å². The highest BCUT2D eigenvalue weighted by Crippen LogP contribution is 2.28. The van der Waals surface area contributed by atoms with Crippen LogP contribution in [0.2, 0.25) is 0 Å². The first-order chi connectivity index (χ1) is 12.7. The van der Waals surface area contributed by atoms with E-state index in [1.807, 2.05) is 24.3 Å². The van der Waals surface area contributed by atoms with Crippen LogP contribution >= 0.6 is 0 Å². The molecule has 2 aromatic carbocycles. The number of hydrogen-bond donors (Lipinski definition) is 1. The number of rotatable bonds is 8. The van der Waals surface area contributed by atoms with Gasteiger partial charge in [-0.2, -0.15) is 0 Å². The molecule has 1 fully saturated rings.